The SMILES string of the molecule is O=C(NCc1ccccc1C(F)(F)F)C1CCCN(c2cccc3c2C(=O)N(C2CCS(=O)(=O)C2)C3=O)C1. The van der Waals surface area contributed by atoms with Crippen molar-refractivity contribution in [3.63, 3.8) is 0 Å². The Hall–Kier alpha value is -3.41. The van der Waals surface area contributed by atoms with Gasteiger partial charge in [-0.15, -0.1) is 0 Å². The van der Waals surface area contributed by atoms with Crippen LogP contribution in [0, 0.1) is 5.92 Å². The first kappa shape index (κ1) is 26.2. The summed E-state index contributed by atoms with van der Waals surface area (Å²) in [5.74, 6) is -2.31. The maximum Gasteiger partial charge on any atom is 0.416 e. The number of alkyl halides is 3. The van der Waals surface area contributed by atoms with E-state index in [1.165, 1.54) is 24.3 Å². The van der Waals surface area contributed by atoms with Crippen molar-refractivity contribution in [2.45, 2.75) is 38.0 Å². The largest absolute Gasteiger partial charge is 0.416 e. The monoisotopic (exact) mass is 549 g/mol. The predicted molar refractivity (Wildman–Crippen MR) is 132 cm³/mol. The fourth-order valence-electron chi connectivity index (χ4n) is 5.55. The summed E-state index contributed by atoms with van der Waals surface area (Å²) in [6, 6.07) is 9.25. The number of anilines is 1. The van der Waals surface area contributed by atoms with Crippen molar-refractivity contribution in [3.05, 3.63) is 64.7 Å². The van der Waals surface area contributed by atoms with E-state index in [1.807, 2.05) is 4.90 Å². The van der Waals surface area contributed by atoms with Gasteiger partial charge >= 0.3 is 6.18 Å². The number of nitrogens with one attached hydrogen (secondary N) is 1. The van der Waals surface area contributed by atoms with Gasteiger partial charge in [0.25, 0.3) is 11.8 Å². The average molecular weight is 550 g/mol. The van der Waals surface area contributed by atoms with E-state index in [-0.39, 0.29) is 53.6 Å². The van der Waals surface area contributed by atoms with Crippen molar-refractivity contribution < 1.29 is 36.0 Å². The van der Waals surface area contributed by atoms with Crippen LogP contribution in [0.3, 0.4) is 0 Å². The number of sulfone groups is 1. The van der Waals surface area contributed by atoms with E-state index in [0.717, 1.165) is 11.0 Å². The molecule has 0 radical (unpaired) electrons. The zero-order valence-electron chi connectivity index (χ0n) is 20.3. The lowest BCUT2D eigenvalue weighted by Crippen LogP contribution is -2.44. The summed E-state index contributed by atoms with van der Waals surface area (Å²) in [7, 11) is -3.31. The summed E-state index contributed by atoms with van der Waals surface area (Å²) >= 11 is 0. The molecular weight excluding hydrogens is 523 g/mol. The molecule has 3 heterocycles. The zero-order chi connectivity index (χ0) is 27.2. The van der Waals surface area contributed by atoms with Gasteiger partial charge in [-0.1, -0.05) is 24.3 Å². The number of amides is 3. The maximum atomic E-state index is 13.4. The fourth-order valence-corrected chi connectivity index (χ4v) is 7.25. The zero-order valence-corrected chi connectivity index (χ0v) is 21.1. The molecule has 12 heteroatoms. The van der Waals surface area contributed by atoms with E-state index in [0.29, 0.717) is 25.1 Å². The molecule has 3 aliphatic rings. The molecule has 2 aromatic rings. The first-order valence-corrected chi connectivity index (χ1v) is 14.2. The Bertz CT molecular complexity index is 1410. The molecule has 8 nitrogen and oxygen atoms in total. The molecule has 3 aliphatic heterocycles. The predicted octanol–water partition coefficient (Wildman–Crippen LogP) is 3.02. The Labute approximate surface area is 217 Å². The highest BCUT2D eigenvalue weighted by atomic mass is 32.2. The standard InChI is InChI=1S/C26H26F3N3O5S/c27-26(28,29)20-8-2-1-5-16(20)13-30-23(33)17-6-4-11-31(14-17)21-9-3-7-19-22(21)25(35)32(24(19)34)18-10-12-38(36,37)15-18/h1-3,5,7-9,17-18H,4,6,10-15H2,(H,30,33). The van der Waals surface area contributed by atoms with E-state index < -0.39 is 45.4 Å². The van der Waals surface area contributed by atoms with Crippen LogP contribution >= 0.6 is 0 Å². The topological polar surface area (TPSA) is 104 Å². The van der Waals surface area contributed by atoms with Gasteiger partial charge in [0.1, 0.15) is 0 Å². The van der Waals surface area contributed by atoms with Crippen LogP contribution in [-0.4, -0.2) is 61.7 Å². The molecular formula is C26H26F3N3O5S. The van der Waals surface area contributed by atoms with Crippen LogP contribution in [0.1, 0.15) is 51.1 Å². The third kappa shape index (κ3) is 4.89. The second-order valence-corrected chi connectivity index (χ2v) is 12.1. The number of hydrogen-bond donors (Lipinski definition) is 1. The van der Waals surface area contributed by atoms with E-state index in [9.17, 15) is 36.0 Å². The van der Waals surface area contributed by atoms with Crippen LogP contribution in [0.15, 0.2) is 42.5 Å². The van der Waals surface area contributed by atoms with Gasteiger partial charge in [-0.2, -0.15) is 13.2 Å². The van der Waals surface area contributed by atoms with Crippen LogP contribution in [0.25, 0.3) is 0 Å². The van der Waals surface area contributed by atoms with Crippen LogP contribution < -0.4 is 10.2 Å². The minimum atomic E-state index is -4.53. The normalized spacial score (nSPS) is 23.0. The molecule has 0 bridgehead atoms. The number of imide groups is 1. The van der Waals surface area contributed by atoms with Crippen molar-refractivity contribution in [1.29, 1.82) is 0 Å². The Balaban J connectivity index is 1.31. The molecule has 38 heavy (non-hydrogen) atoms. The Morgan fingerprint density at radius 1 is 1.03 bits per heavy atom. The minimum absolute atomic E-state index is 0.0278. The van der Waals surface area contributed by atoms with Crippen molar-refractivity contribution in [3.8, 4) is 0 Å². The first-order chi connectivity index (χ1) is 18.0. The van der Waals surface area contributed by atoms with E-state index in [1.54, 1.807) is 12.1 Å². The van der Waals surface area contributed by atoms with Crippen molar-refractivity contribution in [1.82, 2.24) is 10.2 Å². The molecule has 2 aromatic carbocycles. The summed E-state index contributed by atoms with van der Waals surface area (Å²) < 4.78 is 63.8. The molecule has 2 fully saturated rings. The van der Waals surface area contributed by atoms with Gasteiger partial charge in [0.15, 0.2) is 9.84 Å². The highest BCUT2D eigenvalue weighted by molar-refractivity contribution is 7.91. The van der Waals surface area contributed by atoms with Gasteiger partial charge in [0.2, 0.25) is 5.91 Å². The van der Waals surface area contributed by atoms with Crippen molar-refractivity contribution >= 4 is 33.2 Å². The maximum absolute atomic E-state index is 13.4. The number of fused-ring (bicyclic) bond motifs is 1. The molecule has 5 rings (SSSR count). The number of piperidine rings is 1. The summed E-state index contributed by atoms with van der Waals surface area (Å²) in [6.45, 7) is 0.483. The van der Waals surface area contributed by atoms with Gasteiger partial charge in [-0.05, 0) is 43.0 Å². The molecule has 1 N–H and O–H groups in total. The summed E-state index contributed by atoms with van der Waals surface area (Å²) in [6.07, 6.45) is -3.20. The highest BCUT2D eigenvalue weighted by Gasteiger charge is 2.46. The van der Waals surface area contributed by atoms with Gasteiger partial charge in [-0.3, -0.25) is 19.3 Å². The molecule has 0 spiro atoms. The van der Waals surface area contributed by atoms with Crippen LogP contribution in [0.4, 0.5) is 18.9 Å². The Morgan fingerprint density at radius 3 is 2.50 bits per heavy atom. The van der Waals surface area contributed by atoms with Crippen LogP contribution in [0.2, 0.25) is 0 Å². The quantitative estimate of drug-likeness (QED) is 0.576. The smallest absolute Gasteiger partial charge is 0.370 e. The molecule has 3 amide bonds. The number of carbonyl (C=O) groups is 3. The van der Waals surface area contributed by atoms with E-state index >= 15 is 0 Å². The average Bonchev–Trinajstić information content (AvgIpc) is 3.37. The minimum Gasteiger partial charge on any atom is -0.370 e. The third-order valence-electron chi connectivity index (χ3n) is 7.41. The summed E-state index contributed by atoms with van der Waals surface area (Å²) in [5, 5.41) is 2.62. The Kier molecular flexibility index (Phi) is 6.70. The number of hydrogen-bond acceptors (Lipinski definition) is 6. The van der Waals surface area contributed by atoms with Gasteiger partial charge in [-0.25, -0.2) is 8.42 Å². The number of benzene rings is 2. The highest BCUT2D eigenvalue weighted by Crippen LogP contribution is 2.37. The number of nitrogens with zero attached hydrogens (tertiary/aromatic N) is 2. The number of carbonyl (C=O) groups excluding carboxylic acids is 3. The molecule has 2 unspecified atom stereocenters. The molecule has 202 valence electrons. The Morgan fingerprint density at radius 2 is 1.79 bits per heavy atom. The van der Waals surface area contributed by atoms with Crippen molar-refractivity contribution in [2.24, 2.45) is 5.92 Å². The number of halogens is 3. The molecule has 0 aromatic heterocycles. The molecule has 2 atom stereocenters. The first-order valence-electron chi connectivity index (χ1n) is 12.4. The molecule has 0 aliphatic carbocycles. The summed E-state index contributed by atoms with van der Waals surface area (Å²) in [5.41, 5.74) is 0.0615. The number of rotatable bonds is 5. The third-order valence-corrected chi connectivity index (χ3v) is 9.16. The fraction of sp³-hybridized carbons (Fsp3) is 0.423. The van der Waals surface area contributed by atoms with Crippen LogP contribution in [0.5, 0.6) is 0 Å². The van der Waals surface area contributed by atoms with Crippen LogP contribution in [-0.2, 0) is 27.4 Å². The second-order valence-electron chi connectivity index (χ2n) is 9.89. The van der Waals surface area contributed by atoms with Gasteiger partial charge in [0.05, 0.1) is 45.8 Å². The molecule has 0 saturated carbocycles. The van der Waals surface area contributed by atoms with Gasteiger partial charge in [0, 0.05) is 19.6 Å². The second kappa shape index (κ2) is 9.72. The lowest BCUT2D eigenvalue weighted by molar-refractivity contribution is -0.138. The molecule has 2 saturated heterocycles. The van der Waals surface area contributed by atoms with Crippen molar-refractivity contribution in [2.75, 3.05) is 29.5 Å². The van der Waals surface area contributed by atoms with E-state index in [2.05, 4.69) is 5.32 Å². The van der Waals surface area contributed by atoms with Gasteiger partial charge < -0.3 is 10.2 Å². The summed E-state index contributed by atoms with van der Waals surface area (Å²) in [4.78, 5) is 42.3. The lowest BCUT2D eigenvalue weighted by atomic mass is 9.95. The van der Waals surface area contributed by atoms with E-state index in [4.69, 9.17) is 0 Å². The lowest BCUT2D eigenvalue weighted by Gasteiger charge is -2.34.